The van der Waals surface area contributed by atoms with E-state index < -0.39 is 17.1 Å². The van der Waals surface area contributed by atoms with Crippen molar-refractivity contribution in [2.45, 2.75) is 19.5 Å². The Bertz CT molecular complexity index is 733. The summed E-state index contributed by atoms with van der Waals surface area (Å²) in [5.74, 6) is -0.489. The van der Waals surface area contributed by atoms with Crippen molar-refractivity contribution >= 4 is 10.9 Å². The molecule has 1 unspecified atom stereocenters. The van der Waals surface area contributed by atoms with E-state index in [1.54, 1.807) is 14.1 Å². The number of hydrogen-bond donors (Lipinski definition) is 1. The van der Waals surface area contributed by atoms with Crippen LogP contribution in [0.25, 0.3) is 10.9 Å². The number of likely N-dealkylation sites (N-methyl/N-ethyl adjacent to an activating group) is 1. The number of hydrogen-bond acceptors (Lipinski definition) is 3. The van der Waals surface area contributed by atoms with Gasteiger partial charge in [0.15, 0.2) is 0 Å². The van der Waals surface area contributed by atoms with Crippen LogP contribution in [0.2, 0.25) is 0 Å². The topological polar surface area (TPSA) is 56.0 Å². The first-order valence-electron chi connectivity index (χ1n) is 6.02. The number of halogens is 1. The van der Waals surface area contributed by atoms with Gasteiger partial charge in [0, 0.05) is 19.6 Å². The number of fused-ring (bicyclic) bond motifs is 1. The zero-order chi connectivity index (χ0) is 14.2. The third-order valence-corrected chi connectivity index (χ3v) is 3.26. The predicted molar refractivity (Wildman–Crippen MR) is 71.9 cm³/mol. The SMILES string of the molecule is CNC(C)Cn1c(=O)c2cc(F)ccc2n(C)c1=O. The van der Waals surface area contributed by atoms with E-state index in [1.165, 1.54) is 16.7 Å². The minimum Gasteiger partial charge on any atom is -0.315 e. The smallest absolute Gasteiger partial charge is 0.315 e. The van der Waals surface area contributed by atoms with Gasteiger partial charge in [0.05, 0.1) is 10.9 Å². The number of nitrogens with one attached hydrogen (secondary N) is 1. The van der Waals surface area contributed by atoms with Crippen molar-refractivity contribution in [3.8, 4) is 0 Å². The fraction of sp³-hybridized carbons (Fsp3) is 0.385. The van der Waals surface area contributed by atoms with Crippen LogP contribution in [0.3, 0.4) is 0 Å². The van der Waals surface area contributed by atoms with Crippen molar-refractivity contribution < 1.29 is 4.39 Å². The lowest BCUT2D eigenvalue weighted by Gasteiger charge is -2.14. The van der Waals surface area contributed by atoms with Crippen molar-refractivity contribution in [2.24, 2.45) is 7.05 Å². The number of nitrogens with zero attached hydrogens (tertiary/aromatic N) is 2. The molecule has 0 aliphatic rings. The summed E-state index contributed by atoms with van der Waals surface area (Å²) < 4.78 is 15.7. The van der Waals surface area contributed by atoms with Crippen molar-refractivity contribution in [3.05, 3.63) is 44.9 Å². The number of aryl methyl sites for hydroxylation is 1. The standard InChI is InChI=1S/C13H16FN3O2/c1-8(15-2)7-17-12(18)10-6-9(14)4-5-11(10)16(3)13(17)19/h4-6,8,15H,7H2,1-3H3. The molecule has 6 heteroatoms. The molecule has 0 spiro atoms. The average molecular weight is 265 g/mol. The lowest BCUT2D eigenvalue weighted by molar-refractivity contribution is 0.483. The van der Waals surface area contributed by atoms with Gasteiger partial charge in [-0.3, -0.25) is 13.9 Å². The van der Waals surface area contributed by atoms with Crippen molar-refractivity contribution in [1.82, 2.24) is 14.5 Å². The molecule has 1 heterocycles. The number of aromatic nitrogens is 2. The Morgan fingerprint density at radius 3 is 2.68 bits per heavy atom. The lowest BCUT2D eigenvalue weighted by atomic mass is 10.2. The Morgan fingerprint density at radius 1 is 1.37 bits per heavy atom. The Labute approximate surface area is 109 Å². The normalized spacial score (nSPS) is 12.8. The molecule has 0 aliphatic carbocycles. The van der Waals surface area contributed by atoms with Crippen LogP contribution in [0.1, 0.15) is 6.92 Å². The molecular weight excluding hydrogens is 249 g/mol. The van der Waals surface area contributed by atoms with Crippen molar-refractivity contribution in [2.75, 3.05) is 7.05 Å². The van der Waals surface area contributed by atoms with E-state index in [-0.39, 0.29) is 18.0 Å². The second-order valence-corrected chi connectivity index (χ2v) is 4.61. The van der Waals surface area contributed by atoms with Crippen molar-refractivity contribution in [1.29, 1.82) is 0 Å². The van der Waals surface area contributed by atoms with Crippen LogP contribution in [0.5, 0.6) is 0 Å². The molecule has 1 atom stereocenters. The van der Waals surface area contributed by atoms with Crippen LogP contribution in [0.4, 0.5) is 4.39 Å². The molecule has 0 aliphatic heterocycles. The van der Waals surface area contributed by atoms with E-state index in [9.17, 15) is 14.0 Å². The van der Waals surface area contributed by atoms with Crippen LogP contribution in [0, 0.1) is 5.82 Å². The highest BCUT2D eigenvalue weighted by Crippen LogP contribution is 2.09. The van der Waals surface area contributed by atoms with E-state index in [1.807, 2.05) is 6.92 Å². The molecule has 19 heavy (non-hydrogen) atoms. The third-order valence-electron chi connectivity index (χ3n) is 3.26. The third kappa shape index (κ3) is 2.31. The predicted octanol–water partition coefficient (Wildman–Crippen LogP) is 0.447. The zero-order valence-corrected chi connectivity index (χ0v) is 11.1. The summed E-state index contributed by atoms with van der Waals surface area (Å²) in [6.45, 7) is 2.11. The molecule has 0 fully saturated rings. The average Bonchev–Trinajstić information content (AvgIpc) is 2.40. The van der Waals surface area contributed by atoms with Crippen LogP contribution in [-0.4, -0.2) is 22.2 Å². The lowest BCUT2D eigenvalue weighted by Crippen LogP contribution is -2.43. The quantitative estimate of drug-likeness (QED) is 0.876. The molecule has 2 aromatic rings. The van der Waals surface area contributed by atoms with Crippen LogP contribution < -0.4 is 16.6 Å². The van der Waals surface area contributed by atoms with Gasteiger partial charge in [0.25, 0.3) is 5.56 Å². The maximum Gasteiger partial charge on any atom is 0.331 e. The molecule has 0 radical (unpaired) electrons. The van der Waals surface area contributed by atoms with Gasteiger partial charge in [-0.1, -0.05) is 0 Å². The van der Waals surface area contributed by atoms with E-state index in [2.05, 4.69) is 5.32 Å². The highest BCUT2D eigenvalue weighted by Gasteiger charge is 2.13. The monoisotopic (exact) mass is 265 g/mol. The van der Waals surface area contributed by atoms with Gasteiger partial charge >= 0.3 is 5.69 Å². The summed E-state index contributed by atoms with van der Waals surface area (Å²) in [5.41, 5.74) is -0.421. The van der Waals surface area contributed by atoms with Gasteiger partial charge < -0.3 is 5.32 Å². The second kappa shape index (κ2) is 4.97. The maximum absolute atomic E-state index is 13.3. The largest absolute Gasteiger partial charge is 0.331 e. The van der Waals surface area contributed by atoms with Gasteiger partial charge in [-0.25, -0.2) is 9.18 Å². The molecule has 1 aromatic carbocycles. The highest BCUT2D eigenvalue weighted by molar-refractivity contribution is 5.77. The minimum atomic E-state index is -0.489. The maximum atomic E-state index is 13.3. The van der Waals surface area contributed by atoms with E-state index in [4.69, 9.17) is 0 Å². The Hall–Kier alpha value is -1.95. The summed E-state index contributed by atoms with van der Waals surface area (Å²) in [4.78, 5) is 24.4. The van der Waals surface area contributed by atoms with Gasteiger partial charge in [0.2, 0.25) is 0 Å². The first-order valence-corrected chi connectivity index (χ1v) is 6.02. The molecule has 0 saturated heterocycles. The highest BCUT2D eigenvalue weighted by atomic mass is 19.1. The molecule has 1 aromatic heterocycles. The first-order chi connectivity index (χ1) is 8.95. The number of rotatable bonds is 3. The fourth-order valence-electron chi connectivity index (χ4n) is 2.01. The van der Waals surface area contributed by atoms with E-state index >= 15 is 0 Å². The van der Waals surface area contributed by atoms with Gasteiger partial charge in [0.1, 0.15) is 5.82 Å². The van der Waals surface area contributed by atoms with Crippen molar-refractivity contribution in [3.63, 3.8) is 0 Å². The molecule has 1 N–H and O–H groups in total. The van der Waals surface area contributed by atoms with Gasteiger partial charge in [-0.15, -0.1) is 0 Å². The molecule has 102 valence electrons. The molecule has 0 amide bonds. The molecule has 5 nitrogen and oxygen atoms in total. The van der Waals surface area contributed by atoms with Crippen LogP contribution in [0.15, 0.2) is 27.8 Å². The molecule has 0 bridgehead atoms. The molecular formula is C13H16FN3O2. The summed E-state index contributed by atoms with van der Waals surface area (Å²) in [6, 6.07) is 3.81. The Morgan fingerprint density at radius 2 is 2.05 bits per heavy atom. The second-order valence-electron chi connectivity index (χ2n) is 4.61. The zero-order valence-electron chi connectivity index (χ0n) is 11.1. The van der Waals surface area contributed by atoms with Crippen LogP contribution >= 0.6 is 0 Å². The number of benzene rings is 1. The van der Waals surface area contributed by atoms with Crippen LogP contribution in [-0.2, 0) is 13.6 Å². The summed E-state index contributed by atoms with van der Waals surface area (Å²) in [7, 11) is 3.32. The summed E-state index contributed by atoms with van der Waals surface area (Å²) in [6.07, 6.45) is 0. The van der Waals surface area contributed by atoms with Gasteiger partial charge in [-0.2, -0.15) is 0 Å². The molecule has 0 saturated carbocycles. The van der Waals surface area contributed by atoms with E-state index in [0.717, 1.165) is 10.6 Å². The summed E-state index contributed by atoms with van der Waals surface area (Å²) >= 11 is 0. The van der Waals surface area contributed by atoms with Gasteiger partial charge in [-0.05, 0) is 32.2 Å². The van der Waals surface area contributed by atoms with E-state index in [0.29, 0.717) is 5.52 Å². The Kier molecular flexibility index (Phi) is 3.53. The fourth-order valence-corrected chi connectivity index (χ4v) is 2.01. The molecule has 2 rings (SSSR count). The Balaban J connectivity index is 2.79. The summed E-state index contributed by atoms with van der Waals surface area (Å²) in [5, 5.41) is 3.18. The minimum absolute atomic E-state index is 0.0311. The first kappa shape index (κ1) is 13.5.